The topological polar surface area (TPSA) is 18.5 Å². The summed E-state index contributed by atoms with van der Waals surface area (Å²) in [5.41, 5.74) is 2.63. The maximum absolute atomic E-state index is 5.74. The summed E-state index contributed by atoms with van der Waals surface area (Å²) >= 11 is 0. The number of rotatable bonds is 6. The molecule has 2 aromatic carbocycles. The van der Waals surface area contributed by atoms with Crippen molar-refractivity contribution >= 4 is 32.4 Å². The lowest BCUT2D eigenvalue weighted by Crippen LogP contribution is -2.24. The normalized spacial score (nSPS) is 11.5. The third kappa shape index (κ3) is 4.29. The van der Waals surface area contributed by atoms with E-state index in [0.717, 1.165) is 5.75 Å². The summed E-state index contributed by atoms with van der Waals surface area (Å²) in [5.74, 6) is 0.927. The molecule has 0 saturated heterocycles. The molecule has 2 nitrogen and oxygen atoms in total. The molecule has 0 aliphatic heterocycles. The van der Waals surface area contributed by atoms with Crippen molar-refractivity contribution in [2.75, 3.05) is 27.2 Å². The van der Waals surface area contributed by atoms with Gasteiger partial charge in [0.15, 0.2) is 6.79 Å². The van der Waals surface area contributed by atoms with Crippen LogP contribution in [0.2, 0.25) is 0 Å². The second kappa shape index (κ2) is 8.06. The molecule has 0 heterocycles. The van der Waals surface area contributed by atoms with Crippen molar-refractivity contribution < 1.29 is 9.47 Å². The van der Waals surface area contributed by atoms with Gasteiger partial charge in [0.25, 0.3) is 0 Å². The maximum Gasteiger partial charge on any atom is 0.188 e. The molecule has 0 aromatic heterocycles. The minimum atomic E-state index is -0.116. The van der Waals surface area contributed by atoms with Crippen LogP contribution in [0.15, 0.2) is 36.4 Å². The predicted octanol–water partition coefficient (Wildman–Crippen LogP) is 3.28. The number of methoxy groups -OCH3 is 1. The fourth-order valence-electron chi connectivity index (χ4n) is 2.31. The van der Waals surface area contributed by atoms with Crippen LogP contribution in [0.25, 0.3) is 0 Å². The van der Waals surface area contributed by atoms with Crippen LogP contribution in [0.3, 0.4) is 0 Å². The van der Waals surface area contributed by atoms with Crippen molar-refractivity contribution in [3.8, 4) is 5.75 Å². The number of aryl methyl sites for hydroxylation is 2. The van der Waals surface area contributed by atoms with Gasteiger partial charge in [-0.25, -0.2) is 0 Å². The van der Waals surface area contributed by atoms with Crippen LogP contribution in [0.1, 0.15) is 11.1 Å². The molecule has 0 amide bonds. The first-order chi connectivity index (χ1) is 10.5. The Morgan fingerprint density at radius 1 is 1.09 bits per heavy atom. The monoisotopic (exact) mass is 334 g/mol. The summed E-state index contributed by atoms with van der Waals surface area (Å²) in [4.78, 5) is 0. The van der Waals surface area contributed by atoms with E-state index >= 15 is 0 Å². The van der Waals surface area contributed by atoms with Crippen LogP contribution in [-0.2, 0) is 4.74 Å². The smallest absolute Gasteiger partial charge is 0.188 e. The summed E-state index contributed by atoms with van der Waals surface area (Å²) in [6.45, 7) is 9.25. The molecule has 0 N–H and O–H groups in total. The van der Waals surface area contributed by atoms with Gasteiger partial charge in [-0.05, 0) is 55.5 Å². The van der Waals surface area contributed by atoms with E-state index in [1.165, 1.54) is 27.0 Å². The first-order valence-corrected chi connectivity index (χ1v) is 10.5. The van der Waals surface area contributed by atoms with E-state index in [2.05, 4.69) is 63.6 Å². The molecule has 0 aliphatic carbocycles. The van der Waals surface area contributed by atoms with Crippen molar-refractivity contribution in [2.24, 2.45) is 0 Å². The first kappa shape index (κ1) is 17.4. The van der Waals surface area contributed by atoms with Gasteiger partial charge in [0.1, 0.15) is 5.75 Å². The average molecular weight is 334 g/mol. The number of ether oxygens (including phenoxy) is 2. The van der Waals surface area contributed by atoms with E-state index in [9.17, 15) is 0 Å². The third-order valence-electron chi connectivity index (χ3n) is 3.46. The zero-order valence-corrected chi connectivity index (χ0v) is 15.8. The van der Waals surface area contributed by atoms with Gasteiger partial charge in [-0.3, -0.25) is 0 Å². The van der Waals surface area contributed by atoms with Crippen LogP contribution < -0.4 is 20.7 Å². The zero-order chi connectivity index (χ0) is 16.1. The van der Waals surface area contributed by atoms with Crippen molar-refractivity contribution in [2.45, 2.75) is 13.8 Å². The summed E-state index contributed by atoms with van der Waals surface area (Å²) in [7, 11) is 2.14. The molecule has 0 bridgehead atoms. The summed E-state index contributed by atoms with van der Waals surface area (Å²) in [6.07, 6.45) is 0. The van der Waals surface area contributed by atoms with Gasteiger partial charge in [-0.15, -0.1) is 0 Å². The van der Waals surface area contributed by atoms with E-state index in [-0.39, 0.29) is 14.7 Å². The highest BCUT2D eigenvalue weighted by molar-refractivity contribution is 7.67. The van der Waals surface area contributed by atoms with E-state index in [0.29, 0.717) is 8.58 Å². The van der Waals surface area contributed by atoms with Gasteiger partial charge in [0.2, 0.25) is 0 Å². The molecule has 0 radical (unpaired) electrons. The molecule has 4 heteroatoms. The van der Waals surface area contributed by atoms with E-state index in [1.54, 1.807) is 7.11 Å². The van der Waals surface area contributed by atoms with Crippen molar-refractivity contribution in [1.82, 2.24) is 0 Å². The second-order valence-electron chi connectivity index (χ2n) is 5.54. The van der Waals surface area contributed by atoms with Crippen LogP contribution in [0.5, 0.6) is 5.75 Å². The van der Waals surface area contributed by atoms with E-state index in [4.69, 9.17) is 9.47 Å². The molecule has 0 saturated carbocycles. The third-order valence-corrected chi connectivity index (χ3v) is 6.58. The number of hydrogen-bond donors (Lipinski definition) is 0. The Balaban J connectivity index is 2.40. The Bertz CT molecular complexity index is 639. The van der Waals surface area contributed by atoms with Crippen LogP contribution >= 0.6 is 16.5 Å². The van der Waals surface area contributed by atoms with Gasteiger partial charge in [0, 0.05) is 12.4 Å². The standard InChI is InChI=1S/C18H24O2P2/c1-13-9-10-15(20-12-19-3)16(11-13)21-18-14(2)7-6-8-17(18)22(4)5/h6-11,21H,12H2,1-5H3. The Morgan fingerprint density at radius 2 is 1.86 bits per heavy atom. The largest absolute Gasteiger partial charge is 0.467 e. The molecule has 0 fully saturated rings. The lowest BCUT2D eigenvalue weighted by atomic mass is 10.2. The van der Waals surface area contributed by atoms with E-state index in [1.807, 2.05) is 0 Å². The van der Waals surface area contributed by atoms with Crippen LogP contribution in [-0.4, -0.2) is 27.2 Å². The fraction of sp³-hybridized carbons (Fsp3) is 0.333. The van der Waals surface area contributed by atoms with Crippen molar-refractivity contribution in [1.29, 1.82) is 0 Å². The Morgan fingerprint density at radius 3 is 2.55 bits per heavy atom. The number of benzene rings is 2. The molecular weight excluding hydrogens is 310 g/mol. The predicted molar refractivity (Wildman–Crippen MR) is 101 cm³/mol. The number of hydrogen-bond acceptors (Lipinski definition) is 2. The highest BCUT2D eigenvalue weighted by Gasteiger charge is 2.12. The minimum Gasteiger partial charge on any atom is -0.467 e. The van der Waals surface area contributed by atoms with Gasteiger partial charge >= 0.3 is 0 Å². The summed E-state index contributed by atoms with van der Waals surface area (Å²) < 4.78 is 10.8. The minimum absolute atomic E-state index is 0.116. The highest BCUT2D eigenvalue weighted by Crippen LogP contribution is 2.28. The van der Waals surface area contributed by atoms with Crippen molar-refractivity contribution in [3.05, 3.63) is 47.5 Å². The highest BCUT2D eigenvalue weighted by atomic mass is 31.1. The Labute approximate surface area is 136 Å². The molecule has 118 valence electrons. The van der Waals surface area contributed by atoms with Gasteiger partial charge in [-0.1, -0.05) is 46.3 Å². The molecule has 1 atom stereocenters. The molecule has 1 unspecified atom stereocenters. The Hall–Kier alpha value is -0.940. The molecule has 0 aliphatic rings. The summed E-state index contributed by atoms with van der Waals surface area (Å²) in [6, 6.07) is 13.0. The average Bonchev–Trinajstić information content (AvgIpc) is 2.48. The zero-order valence-electron chi connectivity index (χ0n) is 13.9. The fourth-order valence-corrected chi connectivity index (χ4v) is 5.50. The van der Waals surface area contributed by atoms with Gasteiger partial charge in [-0.2, -0.15) is 0 Å². The molecular formula is C18H24O2P2. The van der Waals surface area contributed by atoms with Crippen molar-refractivity contribution in [3.63, 3.8) is 0 Å². The molecule has 2 aromatic rings. The first-order valence-electron chi connectivity index (χ1n) is 7.29. The lowest BCUT2D eigenvalue weighted by molar-refractivity contribution is 0.0519. The summed E-state index contributed by atoms with van der Waals surface area (Å²) in [5, 5.41) is 4.21. The second-order valence-corrected chi connectivity index (χ2v) is 9.10. The van der Waals surface area contributed by atoms with Gasteiger partial charge in [0.05, 0.1) is 0 Å². The van der Waals surface area contributed by atoms with Crippen LogP contribution in [0, 0.1) is 13.8 Å². The van der Waals surface area contributed by atoms with E-state index < -0.39 is 0 Å². The SMILES string of the molecule is COCOc1ccc(C)cc1Pc1c(C)cccc1P(C)C. The Kier molecular flexibility index (Phi) is 6.38. The lowest BCUT2D eigenvalue weighted by Gasteiger charge is -2.18. The maximum atomic E-state index is 5.74. The van der Waals surface area contributed by atoms with Crippen LogP contribution in [0.4, 0.5) is 0 Å². The molecule has 2 rings (SSSR count). The molecule has 0 spiro atoms. The quantitative estimate of drug-likeness (QED) is 0.596. The molecule has 22 heavy (non-hydrogen) atoms. The van der Waals surface area contributed by atoms with Gasteiger partial charge < -0.3 is 9.47 Å².